The van der Waals surface area contributed by atoms with E-state index < -0.39 is 5.97 Å². The number of carbonyl (C=O) groups is 2. The molecule has 1 heterocycles. The summed E-state index contributed by atoms with van der Waals surface area (Å²) in [6.07, 6.45) is 1.37. The molecule has 1 amide bonds. The molecule has 2 atom stereocenters. The Hall–Kier alpha value is -2.66. The Kier molecular flexibility index (Phi) is 5.68. The van der Waals surface area contributed by atoms with Crippen molar-refractivity contribution in [1.82, 2.24) is 0 Å². The molecule has 1 saturated heterocycles. The molecular formula is C21H23NO4. The van der Waals surface area contributed by atoms with Crippen molar-refractivity contribution < 1.29 is 19.4 Å². The third kappa shape index (κ3) is 4.49. The SMILES string of the molecule is Cc1ccc(C2OCCCC2C(=O)Nc2ccc(CC(=O)O)cc2)cc1. The monoisotopic (exact) mass is 353 g/mol. The Morgan fingerprint density at radius 2 is 1.81 bits per heavy atom. The molecule has 26 heavy (non-hydrogen) atoms. The number of anilines is 1. The molecule has 1 fully saturated rings. The molecule has 1 aliphatic heterocycles. The van der Waals surface area contributed by atoms with E-state index in [-0.39, 0.29) is 24.3 Å². The molecule has 0 radical (unpaired) electrons. The van der Waals surface area contributed by atoms with Crippen LogP contribution in [-0.2, 0) is 20.7 Å². The average Bonchev–Trinajstić information content (AvgIpc) is 2.63. The molecule has 5 nitrogen and oxygen atoms in total. The van der Waals surface area contributed by atoms with Gasteiger partial charge in [0.15, 0.2) is 0 Å². The average molecular weight is 353 g/mol. The second kappa shape index (κ2) is 8.15. The van der Waals surface area contributed by atoms with Crippen molar-refractivity contribution >= 4 is 17.6 Å². The number of hydrogen-bond acceptors (Lipinski definition) is 3. The molecular weight excluding hydrogens is 330 g/mol. The van der Waals surface area contributed by atoms with Gasteiger partial charge in [0.2, 0.25) is 5.91 Å². The molecule has 2 N–H and O–H groups in total. The van der Waals surface area contributed by atoms with Crippen LogP contribution < -0.4 is 5.32 Å². The molecule has 2 aromatic rings. The molecule has 2 aromatic carbocycles. The topological polar surface area (TPSA) is 75.6 Å². The van der Waals surface area contributed by atoms with Crippen molar-refractivity contribution in [2.75, 3.05) is 11.9 Å². The molecule has 0 bridgehead atoms. The van der Waals surface area contributed by atoms with Gasteiger partial charge in [-0.1, -0.05) is 42.0 Å². The van der Waals surface area contributed by atoms with E-state index in [1.165, 1.54) is 5.56 Å². The zero-order chi connectivity index (χ0) is 18.5. The van der Waals surface area contributed by atoms with Crippen LogP contribution in [0.25, 0.3) is 0 Å². The normalized spacial score (nSPS) is 19.7. The number of ether oxygens (including phenoxy) is 1. The summed E-state index contributed by atoms with van der Waals surface area (Å²) in [6.45, 7) is 2.69. The van der Waals surface area contributed by atoms with Gasteiger partial charge in [-0.05, 0) is 43.0 Å². The zero-order valence-corrected chi connectivity index (χ0v) is 14.8. The van der Waals surface area contributed by atoms with Crippen LogP contribution in [0.1, 0.15) is 35.6 Å². The minimum atomic E-state index is -0.873. The lowest BCUT2D eigenvalue weighted by atomic mass is 9.88. The van der Waals surface area contributed by atoms with Crippen LogP contribution in [0.2, 0.25) is 0 Å². The minimum absolute atomic E-state index is 0.0276. The lowest BCUT2D eigenvalue weighted by molar-refractivity contribution is -0.136. The van der Waals surface area contributed by atoms with E-state index >= 15 is 0 Å². The highest BCUT2D eigenvalue weighted by Crippen LogP contribution is 2.34. The first-order valence-electron chi connectivity index (χ1n) is 8.83. The van der Waals surface area contributed by atoms with Gasteiger partial charge in [0.25, 0.3) is 0 Å². The molecule has 3 rings (SSSR count). The maximum Gasteiger partial charge on any atom is 0.307 e. The smallest absolute Gasteiger partial charge is 0.307 e. The number of nitrogens with one attached hydrogen (secondary N) is 1. The van der Waals surface area contributed by atoms with Gasteiger partial charge in [-0.2, -0.15) is 0 Å². The third-order valence-corrected chi connectivity index (χ3v) is 4.64. The third-order valence-electron chi connectivity index (χ3n) is 4.64. The van der Waals surface area contributed by atoms with Gasteiger partial charge in [-0.15, -0.1) is 0 Å². The summed E-state index contributed by atoms with van der Waals surface area (Å²) in [5, 5.41) is 11.8. The van der Waals surface area contributed by atoms with Gasteiger partial charge in [-0.25, -0.2) is 0 Å². The minimum Gasteiger partial charge on any atom is -0.481 e. The number of carboxylic acid groups (broad SMARTS) is 1. The second-order valence-corrected chi connectivity index (χ2v) is 6.71. The molecule has 0 aromatic heterocycles. The van der Waals surface area contributed by atoms with E-state index in [0.717, 1.165) is 18.4 Å². The Bertz CT molecular complexity index is 768. The van der Waals surface area contributed by atoms with Gasteiger partial charge < -0.3 is 15.2 Å². The van der Waals surface area contributed by atoms with E-state index in [9.17, 15) is 9.59 Å². The van der Waals surface area contributed by atoms with Crippen molar-refractivity contribution in [2.24, 2.45) is 5.92 Å². The summed E-state index contributed by atoms with van der Waals surface area (Å²) < 4.78 is 5.91. The molecule has 1 aliphatic rings. The predicted molar refractivity (Wildman–Crippen MR) is 99.0 cm³/mol. The maximum atomic E-state index is 12.8. The van der Waals surface area contributed by atoms with Crippen LogP contribution in [0, 0.1) is 12.8 Å². The molecule has 5 heteroatoms. The van der Waals surface area contributed by atoms with Crippen LogP contribution in [0.3, 0.4) is 0 Å². The summed E-state index contributed by atoms with van der Waals surface area (Å²) in [7, 11) is 0. The van der Waals surface area contributed by atoms with Crippen molar-refractivity contribution in [3.63, 3.8) is 0 Å². The fourth-order valence-corrected chi connectivity index (χ4v) is 3.25. The fourth-order valence-electron chi connectivity index (χ4n) is 3.25. The van der Waals surface area contributed by atoms with Gasteiger partial charge in [0.1, 0.15) is 0 Å². The standard InChI is InChI=1S/C21H23NO4/c1-14-4-8-16(9-5-14)20-18(3-2-12-26-20)21(25)22-17-10-6-15(7-11-17)13-19(23)24/h4-11,18,20H,2-3,12-13H2,1H3,(H,22,25)(H,23,24). The fraction of sp³-hybridized carbons (Fsp3) is 0.333. The largest absolute Gasteiger partial charge is 0.481 e. The van der Waals surface area contributed by atoms with E-state index in [4.69, 9.17) is 9.84 Å². The van der Waals surface area contributed by atoms with E-state index in [1.54, 1.807) is 24.3 Å². The summed E-state index contributed by atoms with van der Waals surface area (Å²) >= 11 is 0. The number of rotatable bonds is 5. The van der Waals surface area contributed by atoms with Crippen LogP contribution >= 0.6 is 0 Å². The maximum absolute atomic E-state index is 12.8. The number of aliphatic carboxylic acids is 1. The van der Waals surface area contributed by atoms with Crippen molar-refractivity contribution in [2.45, 2.75) is 32.3 Å². The first kappa shape index (κ1) is 18.1. The van der Waals surface area contributed by atoms with Gasteiger partial charge in [0, 0.05) is 12.3 Å². The highest BCUT2D eigenvalue weighted by molar-refractivity contribution is 5.93. The number of aryl methyl sites for hydroxylation is 1. The Morgan fingerprint density at radius 3 is 2.46 bits per heavy atom. The van der Waals surface area contributed by atoms with Gasteiger partial charge in [-0.3, -0.25) is 9.59 Å². The number of carbonyl (C=O) groups excluding carboxylic acids is 1. The lowest BCUT2D eigenvalue weighted by Gasteiger charge is -2.31. The molecule has 2 unspecified atom stereocenters. The number of carboxylic acids is 1. The summed E-state index contributed by atoms with van der Waals surface area (Å²) in [5.74, 6) is -1.19. The van der Waals surface area contributed by atoms with Crippen molar-refractivity contribution in [3.05, 3.63) is 65.2 Å². The summed E-state index contributed by atoms with van der Waals surface area (Å²) in [4.78, 5) is 23.5. The lowest BCUT2D eigenvalue weighted by Crippen LogP contribution is -2.33. The van der Waals surface area contributed by atoms with Crippen LogP contribution in [-0.4, -0.2) is 23.6 Å². The second-order valence-electron chi connectivity index (χ2n) is 6.71. The van der Waals surface area contributed by atoms with E-state index in [2.05, 4.69) is 5.32 Å². The van der Waals surface area contributed by atoms with Gasteiger partial charge in [0.05, 0.1) is 18.4 Å². The Balaban J connectivity index is 1.70. The predicted octanol–water partition coefficient (Wildman–Crippen LogP) is 3.73. The first-order valence-corrected chi connectivity index (χ1v) is 8.83. The van der Waals surface area contributed by atoms with Crippen molar-refractivity contribution in [1.29, 1.82) is 0 Å². The highest BCUT2D eigenvalue weighted by atomic mass is 16.5. The molecule has 0 spiro atoms. The molecule has 136 valence electrons. The van der Waals surface area contributed by atoms with Crippen LogP contribution in [0.15, 0.2) is 48.5 Å². The quantitative estimate of drug-likeness (QED) is 0.859. The highest BCUT2D eigenvalue weighted by Gasteiger charge is 2.33. The number of amides is 1. The summed E-state index contributed by atoms with van der Waals surface area (Å²) in [6, 6.07) is 15.0. The van der Waals surface area contributed by atoms with Gasteiger partial charge >= 0.3 is 5.97 Å². The Morgan fingerprint density at radius 1 is 1.12 bits per heavy atom. The number of hydrogen-bond donors (Lipinski definition) is 2. The molecule has 0 aliphatic carbocycles. The van der Waals surface area contributed by atoms with Crippen molar-refractivity contribution in [3.8, 4) is 0 Å². The van der Waals surface area contributed by atoms with Crippen LogP contribution in [0.5, 0.6) is 0 Å². The first-order chi connectivity index (χ1) is 12.5. The molecule has 0 saturated carbocycles. The van der Waals surface area contributed by atoms with E-state index in [1.807, 2.05) is 31.2 Å². The summed E-state index contributed by atoms with van der Waals surface area (Å²) in [5.41, 5.74) is 3.56. The van der Waals surface area contributed by atoms with E-state index in [0.29, 0.717) is 17.9 Å². The Labute approximate surface area is 153 Å². The van der Waals surface area contributed by atoms with Crippen LogP contribution in [0.4, 0.5) is 5.69 Å². The number of benzene rings is 2. The zero-order valence-electron chi connectivity index (χ0n) is 14.8.